The van der Waals surface area contributed by atoms with Crippen LogP contribution in [0, 0.1) is 5.82 Å². The first-order valence-electron chi connectivity index (χ1n) is 9.44. The zero-order valence-corrected chi connectivity index (χ0v) is 16.8. The smallest absolute Gasteiger partial charge is 0.243 e. The van der Waals surface area contributed by atoms with Crippen molar-refractivity contribution in [2.24, 2.45) is 0 Å². The number of benzene rings is 2. The van der Waals surface area contributed by atoms with E-state index in [9.17, 15) is 17.6 Å². The SMILES string of the molecule is CN(Cc1ccccc1F)C(=O)CCc1ccc(S(=O)(=O)N2CCCC2)cc1. The van der Waals surface area contributed by atoms with Gasteiger partial charge in [-0.25, -0.2) is 12.8 Å². The van der Waals surface area contributed by atoms with E-state index in [0.29, 0.717) is 30.0 Å². The van der Waals surface area contributed by atoms with Gasteiger partial charge in [-0.2, -0.15) is 4.31 Å². The zero-order valence-electron chi connectivity index (χ0n) is 16.0. The Morgan fingerprint density at radius 2 is 1.71 bits per heavy atom. The second-order valence-electron chi connectivity index (χ2n) is 7.10. The molecule has 5 nitrogen and oxygen atoms in total. The van der Waals surface area contributed by atoms with Crippen molar-refractivity contribution in [3.63, 3.8) is 0 Å². The largest absolute Gasteiger partial charge is 0.341 e. The van der Waals surface area contributed by atoms with Crippen LogP contribution in [0.3, 0.4) is 0 Å². The molecule has 150 valence electrons. The number of amides is 1. The molecule has 1 fully saturated rings. The minimum absolute atomic E-state index is 0.0861. The van der Waals surface area contributed by atoms with Crippen molar-refractivity contribution in [1.82, 2.24) is 9.21 Å². The van der Waals surface area contributed by atoms with Gasteiger partial charge in [-0.1, -0.05) is 30.3 Å². The Balaban J connectivity index is 1.55. The first kappa shape index (κ1) is 20.5. The number of aryl methyl sites for hydroxylation is 1. The Hall–Kier alpha value is -2.25. The Bertz CT molecular complexity index is 923. The van der Waals surface area contributed by atoms with Crippen LogP contribution in [0.15, 0.2) is 53.4 Å². The van der Waals surface area contributed by atoms with Crippen molar-refractivity contribution in [2.45, 2.75) is 37.1 Å². The summed E-state index contributed by atoms with van der Waals surface area (Å²) < 4.78 is 40.3. The van der Waals surface area contributed by atoms with Crippen molar-refractivity contribution in [1.29, 1.82) is 0 Å². The van der Waals surface area contributed by atoms with Crippen LogP contribution in [0.25, 0.3) is 0 Å². The van der Waals surface area contributed by atoms with E-state index >= 15 is 0 Å². The van der Waals surface area contributed by atoms with E-state index in [0.717, 1.165) is 18.4 Å². The van der Waals surface area contributed by atoms with Gasteiger partial charge in [0.05, 0.1) is 4.90 Å². The predicted molar refractivity (Wildman–Crippen MR) is 106 cm³/mol. The van der Waals surface area contributed by atoms with Crippen LogP contribution in [0.4, 0.5) is 4.39 Å². The van der Waals surface area contributed by atoms with Gasteiger partial charge in [0.25, 0.3) is 0 Å². The maximum atomic E-state index is 13.7. The van der Waals surface area contributed by atoms with Gasteiger partial charge in [0.1, 0.15) is 5.82 Å². The molecule has 1 aliphatic rings. The first-order valence-corrected chi connectivity index (χ1v) is 10.9. The van der Waals surface area contributed by atoms with Crippen molar-refractivity contribution in [3.05, 3.63) is 65.5 Å². The van der Waals surface area contributed by atoms with Crippen molar-refractivity contribution in [2.75, 3.05) is 20.1 Å². The normalized spacial score (nSPS) is 14.9. The lowest BCUT2D eigenvalue weighted by Crippen LogP contribution is -2.28. The lowest BCUT2D eigenvalue weighted by Gasteiger charge is -2.18. The summed E-state index contributed by atoms with van der Waals surface area (Å²) in [6, 6.07) is 13.1. The molecule has 1 heterocycles. The van der Waals surface area contributed by atoms with Crippen LogP contribution >= 0.6 is 0 Å². The fourth-order valence-corrected chi connectivity index (χ4v) is 4.84. The number of halogens is 1. The predicted octanol–water partition coefficient (Wildman–Crippen LogP) is 3.20. The molecule has 0 N–H and O–H groups in total. The van der Waals surface area contributed by atoms with Gasteiger partial charge in [-0.05, 0) is 43.0 Å². The standard InChI is InChI=1S/C21H25FN2O3S/c1-23(16-18-6-2-3-7-20(18)22)21(25)13-10-17-8-11-19(12-9-17)28(26,27)24-14-4-5-15-24/h2-3,6-9,11-12H,4-5,10,13-16H2,1H3. The second kappa shape index (κ2) is 8.84. The van der Waals surface area contributed by atoms with Crippen LogP contribution in [0.2, 0.25) is 0 Å². The molecule has 0 unspecified atom stereocenters. The van der Waals surface area contributed by atoms with E-state index in [2.05, 4.69) is 0 Å². The van der Waals surface area contributed by atoms with Gasteiger partial charge >= 0.3 is 0 Å². The fraction of sp³-hybridized carbons (Fsp3) is 0.381. The van der Waals surface area contributed by atoms with Crippen LogP contribution in [0.1, 0.15) is 30.4 Å². The molecule has 1 aliphatic heterocycles. The molecule has 0 saturated carbocycles. The molecule has 2 aromatic carbocycles. The van der Waals surface area contributed by atoms with Crippen molar-refractivity contribution >= 4 is 15.9 Å². The average Bonchev–Trinajstić information content (AvgIpc) is 3.24. The molecule has 7 heteroatoms. The lowest BCUT2D eigenvalue weighted by atomic mass is 10.1. The van der Waals surface area contributed by atoms with Crippen LogP contribution in [0.5, 0.6) is 0 Å². The molecule has 0 atom stereocenters. The van der Waals surface area contributed by atoms with E-state index in [1.165, 1.54) is 15.3 Å². The number of hydrogen-bond acceptors (Lipinski definition) is 3. The molecule has 2 aromatic rings. The molecule has 0 bridgehead atoms. The summed E-state index contributed by atoms with van der Waals surface area (Å²) >= 11 is 0. The van der Waals surface area contributed by atoms with Gasteiger partial charge in [0, 0.05) is 38.7 Å². The third-order valence-corrected chi connectivity index (χ3v) is 6.96. The summed E-state index contributed by atoms with van der Waals surface area (Å²) in [7, 11) is -1.76. The highest BCUT2D eigenvalue weighted by atomic mass is 32.2. The Labute approximate surface area is 165 Å². The monoisotopic (exact) mass is 404 g/mol. The van der Waals surface area contributed by atoms with E-state index < -0.39 is 10.0 Å². The van der Waals surface area contributed by atoms with Crippen LogP contribution in [-0.4, -0.2) is 43.7 Å². The van der Waals surface area contributed by atoms with Crippen molar-refractivity contribution < 1.29 is 17.6 Å². The third-order valence-electron chi connectivity index (χ3n) is 5.04. The molecule has 0 radical (unpaired) electrons. The molecule has 28 heavy (non-hydrogen) atoms. The molecular weight excluding hydrogens is 379 g/mol. The highest BCUT2D eigenvalue weighted by Crippen LogP contribution is 2.21. The highest BCUT2D eigenvalue weighted by molar-refractivity contribution is 7.89. The van der Waals surface area contributed by atoms with Gasteiger partial charge in [0.2, 0.25) is 15.9 Å². The summed E-state index contributed by atoms with van der Waals surface area (Å²) in [5, 5.41) is 0. The number of sulfonamides is 1. The summed E-state index contributed by atoms with van der Waals surface area (Å²) in [5.41, 5.74) is 1.38. The minimum atomic E-state index is -3.42. The van der Waals surface area contributed by atoms with Gasteiger partial charge in [0.15, 0.2) is 0 Å². The molecular formula is C21H25FN2O3S. The molecule has 0 spiro atoms. The van der Waals surface area contributed by atoms with Crippen LogP contribution < -0.4 is 0 Å². The Morgan fingerprint density at radius 3 is 2.36 bits per heavy atom. The summed E-state index contributed by atoms with van der Waals surface area (Å²) in [5.74, 6) is -0.408. The molecule has 0 aliphatic carbocycles. The van der Waals surface area contributed by atoms with E-state index in [1.54, 1.807) is 49.5 Å². The van der Waals surface area contributed by atoms with Crippen LogP contribution in [-0.2, 0) is 27.8 Å². The molecule has 3 rings (SSSR count). The van der Waals surface area contributed by atoms with Gasteiger partial charge < -0.3 is 4.90 Å². The summed E-state index contributed by atoms with van der Waals surface area (Å²) in [6.45, 7) is 1.37. The van der Waals surface area contributed by atoms with Crippen molar-refractivity contribution in [3.8, 4) is 0 Å². The minimum Gasteiger partial charge on any atom is -0.341 e. The van der Waals surface area contributed by atoms with E-state index in [-0.39, 0.29) is 24.7 Å². The Morgan fingerprint density at radius 1 is 1.07 bits per heavy atom. The quantitative estimate of drug-likeness (QED) is 0.712. The molecule has 0 aromatic heterocycles. The van der Waals surface area contributed by atoms with Gasteiger partial charge in [-0.3, -0.25) is 4.79 Å². The average molecular weight is 405 g/mol. The summed E-state index contributed by atoms with van der Waals surface area (Å²) in [4.78, 5) is 14.1. The fourth-order valence-electron chi connectivity index (χ4n) is 3.32. The zero-order chi connectivity index (χ0) is 20.1. The summed E-state index contributed by atoms with van der Waals surface area (Å²) in [6.07, 6.45) is 2.59. The number of rotatable bonds is 7. The second-order valence-corrected chi connectivity index (χ2v) is 9.03. The lowest BCUT2D eigenvalue weighted by molar-refractivity contribution is -0.130. The maximum absolute atomic E-state index is 13.7. The van der Waals surface area contributed by atoms with Gasteiger partial charge in [-0.15, -0.1) is 0 Å². The van der Waals surface area contributed by atoms with E-state index in [1.807, 2.05) is 0 Å². The maximum Gasteiger partial charge on any atom is 0.243 e. The number of carbonyl (C=O) groups is 1. The Kier molecular flexibility index (Phi) is 6.46. The topological polar surface area (TPSA) is 57.7 Å². The molecule has 1 amide bonds. The number of nitrogens with zero attached hydrogens (tertiary/aromatic N) is 2. The molecule has 1 saturated heterocycles. The number of hydrogen-bond donors (Lipinski definition) is 0. The highest BCUT2D eigenvalue weighted by Gasteiger charge is 2.26. The first-order chi connectivity index (χ1) is 13.4. The number of carbonyl (C=O) groups excluding carboxylic acids is 1. The van der Waals surface area contributed by atoms with E-state index in [4.69, 9.17) is 0 Å². The third kappa shape index (κ3) is 4.77.